The first-order chi connectivity index (χ1) is 37.2. The summed E-state index contributed by atoms with van der Waals surface area (Å²) in [6.45, 7) is 0. The number of hydrogen-bond acceptors (Lipinski definition) is 0. The molecule has 0 spiro atoms. The van der Waals surface area contributed by atoms with Crippen molar-refractivity contribution in [1.29, 1.82) is 0 Å². The van der Waals surface area contributed by atoms with E-state index in [1.54, 1.807) is 0 Å². The maximum Gasteiger partial charge on any atom is 0.179 e. The van der Waals surface area contributed by atoms with Gasteiger partial charge in [-0.1, -0.05) is 255 Å². The molecule has 3 heteroatoms. The van der Waals surface area contributed by atoms with Gasteiger partial charge in [-0.15, -0.1) is 0 Å². The molecule has 2 aromatic heterocycles. The highest BCUT2D eigenvalue weighted by Gasteiger charge is 2.42. The lowest BCUT2D eigenvalue weighted by Gasteiger charge is -2.36. The van der Waals surface area contributed by atoms with Gasteiger partial charge in [0.15, 0.2) is 8.07 Å². The maximum atomic E-state index is 2.56. The smallest absolute Gasteiger partial charge is 0.179 e. The first kappa shape index (κ1) is 44.2. The number of para-hydroxylation sites is 2. The Labute approximate surface area is 438 Å². The highest BCUT2D eigenvalue weighted by molar-refractivity contribution is 7.20. The summed E-state index contributed by atoms with van der Waals surface area (Å²) in [6, 6.07) is 113. The second kappa shape index (κ2) is 18.5. The van der Waals surface area contributed by atoms with Crippen LogP contribution in [0.15, 0.2) is 303 Å². The van der Waals surface area contributed by atoms with E-state index in [0.717, 1.165) is 16.9 Å². The SMILES string of the molecule is c1ccc(-c2cccc(-n3c4ccccc4c4cc(-c5ccc6c(c5)c5ccccc5n6-c5c(-c6ccccc6)cc([Si](c6ccccc6)(c6ccccc6)c6ccccc6)cc5-c5ccccc5)ccc43)c2)cc1. The average molecular weight is 971 g/mol. The van der Waals surface area contributed by atoms with Gasteiger partial charge in [0, 0.05) is 38.4 Å². The fraction of sp³-hybridized carbons (Fsp3) is 0. The summed E-state index contributed by atoms with van der Waals surface area (Å²) in [7, 11) is -2.97. The predicted molar refractivity (Wildman–Crippen MR) is 320 cm³/mol. The van der Waals surface area contributed by atoms with Crippen LogP contribution in [-0.2, 0) is 0 Å². The fourth-order valence-electron chi connectivity index (χ4n) is 12.1. The van der Waals surface area contributed by atoms with Crippen molar-refractivity contribution < 1.29 is 0 Å². The summed E-state index contributed by atoms with van der Waals surface area (Å²) in [5.74, 6) is 0. The Morgan fingerprint density at radius 2 is 0.573 bits per heavy atom. The minimum absolute atomic E-state index is 1.15. The highest BCUT2D eigenvalue weighted by atomic mass is 28.3. The molecule has 12 aromatic carbocycles. The van der Waals surface area contributed by atoms with Gasteiger partial charge in [-0.2, -0.15) is 0 Å². The zero-order chi connectivity index (χ0) is 49.7. The van der Waals surface area contributed by atoms with Gasteiger partial charge in [0.05, 0.1) is 27.8 Å². The van der Waals surface area contributed by atoms with Gasteiger partial charge in [0.2, 0.25) is 0 Å². The van der Waals surface area contributed by atoms with Crippen molar-refractivity contribution >= 4 is 72.4 Å². The van der Waals surface area contributed by atoms with E-state index in [1.165, 1.54) is 103 Å². The third kappa shape index (κ3) is 7.39. The Morgan fingerprint density at radius 1 is 0.213 bits per heavy atom. The van der Waals surface area contributed by atoms with E-state index in [9.17, 15) is 0 Å². The summed E-state index contributed by atoms with van der Waals surface area (Å²) >= 11 is 0. The lowest BCUT2D eigenvalue weighted by molar-refractivity contribution is 1.18. The minimum atomic E-state index is -2.97. The average Bonchev–Trinajstić information content (AvgIpc) is 4.01. The van der Waals surface area contributed by atoms with Crippen LogP contribution in [0.2, 0.25) is 0 Å². The predicted octanol–water partition coefficient (Wildman–Crippen LogP) is 15.9. The van der Waals surface area contributed by atoms with Crippen LogP contribution >= 0.6 is 0 Å². The molecular formula is C72H50N2Si. The van der Waals surface area contributed by atoms with Crippen molar-refractivity contribution in [3.8, 4) is 55.9 Å². The van der Waals surface area contributed by atoms with E-state index in [4.69, 9.17) is 0 Å². The van der Waals surface area contributed by atoms with Gasteiger partial charge in [0.1, 0.15) is 0 Å². The van der Waals surface area contributed by atoms with E-state index in [0.29, 0.717) is 0 Å². The van der Waals surface area contributed by atoms with Gasteiger partial charge in [-0.3, -0.25) is 0 Å². The number of rotatable bonds is 10. The summed E-state index contributed by atoms with van der Waals surface area (Å²) in [4.78, 5) is 0. The molecular weight excluding hydrogens is 921 g/mol. The molecule has 0 fully saturated rings. The Morgan fingerprint density at radius 3 is 1.05 bits per heavy atom. The quantitative estimate of drug-likeness (QED) is 0.0955. The molecule has 0 aliphatic carbocycles. The largest absolute Gasteiger partial charge is 0.309 e. The first-order valence-electron chi connectivity index (χ1n) is 25.9. The number of fused-ring (bicyclic) bond motifs is 6. The van der Waals surface area contributed by atoms with Crippen molar-refractivity contribution in [3.05, 3.63) is 303 Å². The summed E-state index contributed by atoms with van der Waals surface area (Å²) in [6.07, 6.45) is 0. The van der Waals surface area contributed by atoms with Crippen LogP contribution in [0, 0.1) is 0 Å². The van der Waals surface area contributed by atoms with Crippen LogP contribution in [0.4, 0.5) is 0 Å². The topological polar surface area (TPSA) is 9.86 Å². The number of hydrogen-bond donors (Lipinski definition) is 0. The maximum absolute atomic E-state index is 2.97. The Hall–Kier alpha value is -9.54. The van der Waals surface area contributed by atoms with Gasteiger partial charge >= 0.3 is 0 Å². The third-order valence-electron chi connectivity index (χ3n) is 15.4. The van der Waals surface area contributed by atoms with Crippen LogP contribution in [0.25, 0.3) is 99.5 Å². The Balaban J connectivity index is 1.01. The lowest BCUT2D eigenvalue weighted by atomic mass is 9.95. The number of aromatic nitrogens is 2. The van der Waals surface area contributed by atoms with Crippen LogP contribution in [0.5, 0.6) is 0 Å². The van der Waals surface area contributed by atoms with Crippen LogP contribution in [0.1, 0.15) is 0 Å². The van der Waals surface area contributed by atoms with E-state index in [-0.39, 0.29) is 0 Å². The molecule has 2 nitrogen and oxygen atoms in total. The molecule has 0 amide bonds. The Bertz CT molecular complexity index is 4220. The molecule has 0 aliphatic heterocycles. The molecule has 0 saturated heterocycles. The van der Waals surface area contributed by atoms with Gasteiger partial charge in [-0.05, 0) is 103 Å². The standard InChI is InChI=1S/C72H50N2Si/c1-7-24-51(25-8-1)54-30-23-31-57(46-54)73-68-40-21-19-38-62(68)66-47-55(42-44-70(66)73)56-43-45-71-67(48-56)63-39-20-22-41-69(63)74(71)72-64(52-26-9-2-10-27-52)49-61(50-65(72)53-28-11-3-12-29-53)75(58-32-13-4-14-33-58,59-34-15-5-16-35-59)60-36-17-6-18-37-60/h1-50H. The molecule has 14 rings (SSSR count). The molecule has 2 heterocycles. The van der Waals surface area contributed by atoms with Gasteiger partial charge in [-0.25, -0.2) is 0 Å². The monoisotopic (exact) mass is 970 g/mol. The van der Waals surface area contributed by atoms with E-state index < -0.39 is 8.07 Å². The molecule has 0 atom stereocenters. The molecule has 14 aromatic rings. The summed E-state index contributed by atoms with van der Waals surface area (Å²) in [5, 5.41) is 10.3. The summed E-state index contributed by atoms with van der Waals surface area (Å²) < 4.78 is 4.98. The normalized spacial score (nSPS) is 11.7. The number of nitrogens with zero attached hydrogens (tertiary/aromatic N) is 2. The molecule has 0 aliphatic rings. The second-order valence-corrected chi connectivity index (χ2v) is 23.4. The van der Waals surface area contributed by atoms with Crippen molar-refractivity contribution in [1.82, 2.24) is 9.13 Å². The molecule has 0 bridgehead atoms. The molecule has 0 radical (unpaired) electrons. The molecule has 0 unspecified atom stereocenters. The van der Waals surface area contributed by atoms with Crippen molar-refractivity contribution in [2.24, 2.45) is 0 Å². The van der Waals surface area contributed by atoms with E-state index in [2.05, 4.69) is 312 Å². The van der Waals surface area contributed by atoms with Crippen LogP contribution in [0.3, 0.4) is 0 Å². The van der Waals surface area contributed by atoms with Crippen LogP contribution in [-0.4, -0.2) is 17.2 Å². The highest BCUT2D eigenvalue weighted by Crippen LogP contribution is 2.43. The van der Waals surface area contributed by atoms with Gasteiger partial charge < -0.3 is 9.13 Å². The van der Waals surface area contributed by atoms with E-state index >= 15 is 0 Å². The van der Waals surface area contributed by atoms with E-state index in [1.807, 2.05) is 0 Å². The minimum Gasteiger partial charge on any atom is -0.309 e. The lowest BCUT2D eigenvalue weighted by Crippen LogP contribution is -2.74. The molecule has 352 valence electrons. The summed E-state index contributed by atoms with van der Waals surface area (Å²) in [5.41, 5.74) is 16.5. The molecule has 75 heavy (non-hydrogen) atoms. The first-order valence-corrected chi connectivity index (χ1v) is 27.9. The van der Waals surface area contributed by atoms with Crippen LogP contribution < -0.4 is 20.7 Å². The van der Waals surface area contributed by atoms with Crippen molar-refractivity contribution in [2.75, 3.05) is 0 Å². The van der Waals surface area contributed by atoms with Crippen molar-refractivity contribution in [2.45, 2.75) is 0 Å². The number of benzene rings is 12. The molecule has 0 N–H and O–H groups in total. The van der Waals surface area contributed by atoms with Crippen molar-refractivity contribution in [3.63, 3.8) is 0 Å². The zero-order valence-corrected chi connectivity index (χ0v) is 42.3. The molecule has 0 saturated carbocycles. The third-order valence-corrected chi connectivity index (χ3v) is 20.2. The second-order valence-electron chi connectivity index (χ2n) is 19.6. The zero-order valence-electron chi connectivity index (χ0n) is 41.3. The fourth-order valence-corrected chi connectivity index (χ4v) is 16.9. The van der Waals surface area contributed by atoms with Gasteiger partial charge in [0.25, 0.3) is 0 Å². The Kier molecular flexibility index (Phi) is 10.9.